The van der Waals surface area contributed by atoms with Gasteiger partial charge in [-0.05, 0) is 54.1 Å². The lowest BCUT2D eigenvalue weighted by Gasteiger charge is -2.26. The molecule has 0 aliphatic carbocycles. The first-order chi connectivity index (χ1) is 15.4. The molecule has 0 saturated carbocycles. The molecule has 1 fully saturated rings. The van der Waals surface area contributed by atoms with Crippen molar-refractivity contribution in [3.8, 4) is 11.5 Å². The summed E-state index contributed by atoms with van der Waals surface area (Å²) in [7, 11) is 0. The summed E-state index contributed by atoms with van der Waals surface area (Å²) in [5, 5.41) is 12.2. The third-order valence-corrected chi connectivity index (χ3v) is 5.12. The molecule has 1 heterocycles. The molecule has 0 radical (unpaired) electrons. The SMILES string of the molecule is O=C1NC(=O)N(c2ccc(OCc3ccccc3Cl)cc2)C(=O)/C1=C/c1ccc(O)cc1. The smallest absolute Gasteiger partial charge is 0.335 e. The number of hydrogen-bond acceptors (Lipinski definition) is 5. The van der Waals surface area contributed by atoms with Crippen LogP contribution in [0.2, 0.25) is 5.02 Å². The van der Waals surface area contributed by atoms with E-state index in [1.807, 2.05) is 18.2 Å². The largest absolute Gasteiger partial charge is 0.508 e. The van der Waals surface area contributed by atoms with Gasteiger partial charge < -0.3 is 9.84 Å². The van der Waals surface area contributed by atoms with Gasteiger partial charge in [0.2, 0.25) is 0 Å². The van der Waals surface area contributed by atoms with E-state index in [1.54, 1.807) is 42.5 Å². The fraction of sp³-hybridized carbons (Fsp3) is 0.0417. The molecule has 3 aromatic carbocycles. The summed E-state index contributed by atoms with van der Waals surface area (Å²) in [5.74, 6) is -0.963. The topological polar surface area (TPSA) is 95.9 Å². The van der Waals surface area contributed by atoms with Gasteiger partial charge in [-0.3, -0.25) is 14.9 Å². The van der Waals surface area contributed by atoms with E-state index in [9.17, 15) is 19.5 Å². The zero-order chi connectivity index (χ0) is 22.7. The van der Waals surface area contributed by atoms with Gasteiger partial charge in [0, 0.05) is 10.6 Å². The van der Waals surface area contributed by atoms with Gasteiger partial charge >= 0.3 is 6.03 Å². The summed E-state index contributed by atoms with van der Waals surface area (Å²) in [4.78, 5) is 38.4. The van der Waals surface area contributed by atoms with Crippen LogP contribution >= 0.6 is 11.6 Å². The molecule has 1 aliphatic heterocycles. The number of rotatable bonds is 5. The number of anilines is 1. The van der Waals surface area contributed by atoms with Crippen molar-refractivity contribution in [3.63, 3.8) is 0 Å². The summed E-state index contributed by atoms with van der Waals surface area (Å²) in [6.07, 6.45) is 1.36. The molecule has 32 heavy (non-hydrogen) atoms. The Morgan fingerprint density at radius 1 is 0.938 bits per heavy atom. The molecule has 1 saturated heterocycles. The normalized spacial score (nSPS) is 15.1. The van der Waals surface area contributed by atoms with Crippen molar-refractivity contribution in [2.45, 2.75) is 6.61 Å². The van der Waals surface area contributed by atoms with Gasteiger partial charge in [-0.1, -0.05) is 41.9 Å². The van der Waals surface area contributed by atoms with Gasteiger partial charge in [0.05, 0.1) is 5.69 Å². The molecule has 0 atom stereocenters. The second-order valence-electron chi connectivity index (χ2n) is 6.92. The number of barbiturate groups is 1. The number of carbonyl (C=O) groups excluding carboxylic acids is 3. The highest BCUT2D eigenvalue weighted by Crippen LogP contribution is 2.25. The molecule has 0 aromatic heterocycles. The van der Waals surface area contributed by atoms with E-state index in [2.05, 4.69) is 5.32 Å². The Balaban J connectivity index is 1.53. The number of urea groups is 1. The molecular weight excluding hydrogens is 432 g/mol. The third-order valence-electron chi connectivity index (χ3n) is 4.75. The quantitative estimate of drug-likeness (QED) is 0.448. The summed E-state index contributed by atoms with van der Waals surface area (Å²) in [5.41, 5.74) is 1.43. The maximum Gasteiger partial charge on any atom is 0.335 e. The van der Waals surface area contributed by atoms with E-state index in [0.717, 1.165) is 10.5 Å². The van der Waals surface area contributed by atoms with Crippen molar-refractivity contribution in [2.75, 3.05) is 4.90 Å². The molecule has 160 valence electrons. The Kier molecular flexibility index (Phi) is 5.91. The molecule has 0 bridgehead atoms. The number of imide groups is 2. The van der Waals surface area contributed by atoms with Crippen molar-refractivity contribution in [1.29, 1.82) is 0 Å². The molecule has 4 rings (SSSR count). The van der Waals surface area contributed by atoms with Crippen molar-refractivity contribution >= 4 is 41.2 Å². The summed E-state index contributed by atoms with van der Waals surface area (Å²) in [6.45, 7) is 0.260. The number of benzene rings is 3. The van der Waals surface area contributed by atoms with Crippen LogP contribution in [0.25, 0.3) is 6.08 Å². The maximum atomic E-state index is 12.9. The molecule has 4 amide bonds. The predicted octanol–water partition coefficient (Wildman–Crippen LogP) is 4.29. The van der Waals surface area contributed by atoms with Crippen LogP contribution < -0.4 is 15.0 Å². The standard InChI is InChI=1S/C24H17ClN2O5/c25-21-4-2-1-3-16(21)14-32-19-11-7-17(8-12-19)27-23(30)20(22(29)26-24(27)31)13-15-5-9-18(28)10-6-15/h1-13,28H,14H2,(H,26,29,31)/b20-13+. The zero-order valence-electron chi connectivity index (χ0n) is 16.6. The van der Waals surface area contributed by atoms with Crippen LogP contribution in [0.1, 0.15) is 11.1 Å². The van der Waals surface area contributed by atoms with E-state index in [-0.39, 0.29) is 23.6 Å². The minimum Gasteiger partial charge on any atom is -0.508 e. The van der Waals surface area contributed by atoms with Gasteiger partial charge in [0.25, 0.3) is 11.8 Å². The van der Waals surface area contributed by atoms with Crippen molar-refractivity contribution in [2.24, 2.45) is 0 Å². The highest BCUT2D eigenvalue weighted by atomic mass is 35.5. The molecule has 7 nitrogen and oxygen atoms in total. The number of nitrogens with one attached hydrogen (secondary N) is 1. The zero-order valence-corrected chi connectivity index (χ0v) is 17.4. The van der Waals surface area contributed by atoms with Crippen LogP contribution in [-0.4, -0.2) is 23.0 Å². The van der Waals surface area contributed by atoms with E-state index in [4.69, 9.17) is 16.3 Å². The van der Waals surface area contributed by atoms with Gasteiger partial charge in [0.1, 0.15) is 23.7 Å². The summed E-state index contributed by atoms with van der Waals surface area (Å²) in [6, 6.07) is 18.8. The van der Waals surface area contributed by atoms with Gasteiger partial charge in [0.15, 0.2) is 0 Å². The lowest BCUT2D eigenvalue weighted by Crippen LogP contribution is -2.54. The Labute approximate surface area is 188 Å². The second kappa shape index (κ2) is 8.95. The predicted molar refractivity (Wildman–Crippen MR) is 119 cm³/mol. The van der Waals surface area contributed by atoms with Crippen LogP contribution in [-0.2, 0) is 16.2 Å². The number of nitrogens with zero attached hydrogens (tertiary/aromatic N) is 1. The molecule has 3 aromatic rings. The van der Waals surface area contributed by atoms with Crippen molar-refractivity contribution in [1.82, 2.24) is 5.32 Å². The number of phenols is 1. The monoisotopic (exact) mass is 448 g/mol. The number of carbonyl (C=O) groups is 3. The highest BCUT2D eigenvalue weighted by molar-refractivity contribution is 6.39. The van der Waals surface area contributed by atoms with Crippen LogP contribution in [0.3, 0.4) is 0 Å². The molecule has 0 spiro atoms. The van der Waals surface area contributed by atoms with Gasteiger partial charge in [-0.15, -0.1) is 0 Å². The highest BCUT2D eigenvalue weighted by Gasteiger charge is 2.36. The Morgan fingerprint density at radius 3 is 2.31 bits per heavy atom. The number of ether oxygens (including phenoxy) is 1. The number of aromatic hydroxyl groups is 1. The Morgan fingerprint density at radius 2 is 1.62 bits per heavy atom. The Bertz CT molecular complexity index is 1220. The number of amides is 4. The van der Waals surface area contributed by atoms with E-state index in [1.165, 1.54) is 18.2 Å². The fourth-order valence-electron chi connectivity index (χ4n) is 3.10. The average molecular weight is 449 g/mol. The van der Waals surface area contributed by atoms with Crippen molar-refractivity contribution in [3.05, 3.63) is 94.5 Å². The first kappa shape index (κ1) is 21.1. The number of hydrogen-bond donors (Lipinski definition) is 2. The summed E-state index contributed by atoms with van der Waals surface area (Å²) < 4.78 is 5.72. The minimum atomic E-state index is -0.840. The summed E-state index contributed by atoms with van der Waals surface area (Å²) >= 11 is 6.13. The molecule has 2 N–H and O–H groups in total. The number of halogens is 1. The first-order valence-electron chi connectivity index (χ1n) is 9.59. The average Bonchev–Trinajstić information content (AvgIpc) is 2.78. The van der Waals surface area contributed by atoms with E-state index < -0.39 is 17.8 Å². The molecule has 0 unspecified atom stereocenters. The van der Waals surface area contributed by atoms with Gasteiger partial charge in [-0.25, -0.2) is 9.69 Å². The third kappa shape index (κ3) is 4.48. The van der Waals surface area contributed by atoms with E-state index in [0.29, 0.717) is 16.3 Å². The lowest BCUT2D eigenvalue weighted by molar-refractivity contribution is -0.122. The lowest BCUT2D eigenvalue weighted by atomic mass is 10.1. The minimum absolute atomic E-state index is 0.0558. The maximum absolute atomic E-state index is 12.9. The number of phenolic OH excluding ortho intramolecular Hbond substituents is 1. The van der Waals surface area contributed by atoms with Crippen LogP contribution in [0.5, 0.6) is 11.5 Å². The van der Waals surface area contributed by atoms with Crippen LogP contribution in [0, 0.1) is 0 Å². The fourth-order valence-corrected chi connectivity index (χ4v) is 3.29. The molecule has 8 heteroatoms. The first-order valence-corrected chi connectivity index (χ1v) is 9.97. The molecule has 1 aliphatic rings. The van der Waals surface area contributed by atoms with Crippen molar-refractivity contribution < 1.29 is 24.2 Å². The Hall–Kier alpha value is -4.10. The van der Waals surface area contributed by atoms with Gasteiger partial charge in [-0.2, -0.15) is 0 Å². The molecular formula is C24H17ClN2O5. The van der Waals surface area contributed by atoms with Crippen LogP contribution in [0.15, 0.2) is 78.4 Å². The van der Waals surface area contributed by atoms with E-state index >= 15 is 0 Å². The second-order valence-corrected chi connectivity index (χ2v) is 7.33. The van der Waals surface area contributed by atoms with Crippen LogP contribution in [0.4, 0.5) is 10.5 Å².